The highest BCUT2D eigenvalue weighted by Crippen LogP contribution is 2.36. The third-order valence-corrected chi connectivity index (χ3v) is 7.77. The summed E-state index contributed by atoms with van der Waals surface area (Å²) in [6.45, 7) is 5.70. The molecule has 0 spiro atoms. The van der Waals surface area contributed by atoms with Crippen LogP contribution in [-0.4, -0.2) is 32.5 Å². The SMILES string of the molecule is CC(CC[C@H](SCCCC(C)(C)O)c1cccc(/C=C/c2ccc3ccc(Cl)cc3n2)c1)CC(=O)O. The minimum absolute atomic E-state index is 0.137. The molecule has 1 heterocycles. The number of aliphatic carboxylic acids is 1. The predicted octanol–water partition coefficient (Wildman–Crippen LogP) is 8.28. The lowest BCUT2D eigenvalue weighted by Gasteiger charge is -2.21. The molecule has 0 amide bonds. The predicted molar refractivity (Wildman–Crippen MR) is 154 cm³/mol. The van der Waals surface area contributed by atoms with E-state index < -0.39 is 11.6 Å². The Morgan fingerprint density at radius 1 is 1.11 bits per heavy atom. The van der Waals surface area contributed by atoms with Crippen molar-refractivity contribution >= 4 is 52.4 Å². The molecule has 0 aliphatic carbocycles. The molecule has 0 bridgehead atoms. The summed E-state index contributed by atoms with van der Waals surface area (Å²) in [4.78, 5) is 15.8. The Labute approximate surface area is 223 Å². The van der Waals surface area contributed by atoms with Crippen LogP contribution < -0.4 is 0 Å². The van der Waals surface area contributed by atoms with E-state index >= 15 is 0 Å². The zero-order chi connectivity index (χ0) is 26.1. The molecule has 6 heteroatoms. The zero-order valence-corrected chi connectivity index (χ0v) is 22.9. The molecule has 0 radical (unpaired) electrons. The maximum atomic E-state index is 11.1. The normalized spacial score (nSPS) is 13.8. The fourth-order valence-electron chi connectivity index (χ4n) is 4.16. The number of carboxylic acids is 1. The number of nitrogens with zero attached hydrogens (tertiary/aromatic N) is 1. The van der Waals surface area contributed by atoms with Crippen LogP contribution in [0, 0.1) is 5.92 Å². The molecule has 4 nitrogen and oxygen atoms in total. The molecule has 2 N–H and O–H groups in total. The summed E-state index contributed by atoms with van der Waals surface area (Å²) in [5, 5.41) is 21.2. The van der Waals surface area contributed by atoms with Crippen molar-refractivity contribution in [2.75, 3.05) is 5.75 Å². The van der Waals surface area contributed by atoms with Gasteiger partial charge < -0.3 is 10.2 Å². The number of fused-ring (bicyclic) bond motifs is 1. The molecule has 2 atom stereocenters. The lowest BCUT2D eigenvalue weighted by atomic mass is 9.97. The summed E-state index contributed by atoms with van der Waals surface area (Å²) in [6.07, 6.45) is 7.76. The Bertz CT molecular complexity index is 1190. The van der Waals surface area contributed by atoms with Crippen LogP contribution in [0.2, 0.25) is 5.02 Å². The number of thioether (sulfide) groups is 1. The highest BCUT2D eigenvalue weighted by atomic mass is 35.5. The first kappa shape index (κ1) is 28.2. The highest BCUT2D eigenvalue weighted by molar-refractivity contribution is 7.99. The van der Waals surface area contributed by atoms with E-state index in [9.17, 15) is 9.90 Å². The van der Waals surface area contributed by atoms with Gasteiger partial charge in [0.15, 0.2) is 0 Å². The summed E-state index contributed by atoms with van der Waals surface area (Å²) in [5.74, 6) is 0.345. The number of halogens is 1. The van der Waals surface area contributed by atoms with E-state index in [1.54, 1.807) is 0 Å². The van der Waals surface area contributed by atoms with Crippen molar-refractivity contribution in [3.8, 4) is 0 Å². The molecule has 0 fully saturated rings. The van der Waals surface area contributed by atoms with E-state index in [1.807, 2.05) is 68.9 Å². The van der Waals surface area contributed by atoms with E-state index in [-0.39, 0.29) is 17.6 Å². The summed E-state index contributed by atoms with van der Waals surface area (Å²) in [6, 6.07) is 18.3. The van der Waals surface area contributed by atoms with Crippen molar-refractivity contribution in [3.05, 3.63) is 76.4 Å². The van der Waals surface area contributed by atoms with Gasteiger partial charge in [-0.3, -0.25) is 4.79 Å². The van der Waals surface area contributed by atoms with E-state index in [1.165, 1.54) is 5.56 Å². The standard InChI is InChI=1S/C30H36ClNO3S/c1-21(18-29(33)34)8-15-28(36-17-5-16-30(2,3)35)24-7-4-6-22(19-24)9-13-26-14-11-23-10-12-25(31)20-27(23)32-26/h4,6-7,9-14,19-21,28,35H,5,8,15-18H2,1-3H3,(H,33,34)/b13-9+/t21?,28-/m0/s1. The number of hydrogen-bond donors (Lipinski definition) is 2. The molecule has 0 aliphatic heterocycles. The molecule has 0 saturated carbocycles. The van der Waals surface area contributed by atoms with Gasteiger partial charge in [-0.1, -0.05) is 61.0 Å². The van der Waals surface area contributed by atoms with Crippen molar-refractivity contribution in [2.45, 2.75) is 63.7 Å². The van der Waals surface area contributed by atoms with E-state index in [2.05, 4.69) is 30.3 Å². The monoisotopic (exact) mass is 525 g/mol. The molecule has 3 aromatic rings. The highest BCUT2D eigenvalue weighted by Gasteiger charge is 2.17. The molecular weight excluding hydrogens is 490 g/mol. The topological polar surface area (TPSA) is 70.4 Å². The summed E-state index contributed by atoms with van der Waals surface area (Å²) >= 11 is 8.02. The summed E-state index contributed by atoms with van der Waals surface area (Å²) < 4.78 is 0. The van der Waals surface area contributed by atoms with Crippen molar-refractivity contribution in [1.82, 2.24) is 4.98 Å². The van der Waals surface area contributed by atoms with Gasteiger partial charge in [-0.2, -0.15) is 11.8 Å². The molecule has 1 aromatic heterocycles. The van der Waals surface area contributed by atoms with Crippen molar-refractivity contribution in [2.24, 2.45) is 5.92 Å². The minimum atomic E-state index is -0.742. The van der Waals surface area contributed by atoms with Gasteiger partial charge in [0, 0.05) is 22.1 Å². The average Bonchev–Trinajstić information content (AvgIpc) is 2.81. The van der Waals surface area contributed by atoms with Crippen molar-refractivity contribution in [3.63, 3.8) is 0 Å². The Balaban J connectivity index is 1.73. The number of aliphatic hydroxyl groups is 1. The largest absolute Gasteiger partial charge is 0.481 e. The maximum absolute atomic E-state index is 11.1. The van der Waals surface area contributed by atoms with E-state index in [0.717, 1.165) is 53.6 Å². The smallest absolute Gasteiger partial charge is 0.303 e. The third-order valence-electron chi connectivity index (χ3n) is 6.10. The van der Waals surface area contributed by atoms with Gasteiger partial charge >= 0.3 is 5.97 Å². The van der Waals surface area contributed by atoms with Crippen LogP contribution in [0.3, 0.4) is 0 Å². The van der Waals surface area contributed by atoms with Gasteiger partial charge in [-0.15, -0.1) is 0 Å². The van der Waals surface area contributed by atoms with Crippen LogP contribution in [0.1, 0.15) is 74.9 Å². The van der Waals surface area contributed by atoms with Gasteiger partial charge in [0.05, 0.1) is 16.8 Å². The first-order valence-corrected chi connectivity index (χ1v) is 13.9. The molecule has 2 aromatic carbocycles. The first-order valence-electron chi connectivity index (χ1n) is 12.5. The molecular formula is C30H36ClNO3S. The van der Waals surface area contributed by atoms with Crippen molar-refractivity contribution in [1.29, 1.82) is 0 Å². The maximum Gasteiger partial charge on any atom is 0.303 e. The van der Waals surface area contributed by atoms with Crippen LogP contribution in [-0.2, 0) is 4.79 Å². The summed E-state index contributed by atoms with van der Waals surface area (Å²) in [5.41, 5.74) is 3.43. The average molecular weight is 526 g/mol. The van der Waals surface area contributed by atoms with Crippen LogP contribution in [0.15, 0.2) is 54.6 Å². The Kier molecular flexibility index (Phi) is 10.4. The number of aromatic nitrogens is 1. The van der Waals surface area contributed by atoms with Gasteiger partial charge in [0.1, 0.15) is 0 Å². The van der Waals surface area contributed by atoms with Gasteiger partial charge in [-0.05, 0) is 86.6 Å². The molecule has 3 rings (SSSR count). The molecule has 0 aliphatic rings. The molecule has 192 valence electrons. The second-order valence-electron chi connectivity index (χ2n) is 10.1. The third kappa shape index (κ3) is 9.61. The van der Waals surface area contributed by atoms with Crippen LogP contribution in [0.4, 0.5) is 0 Å². The van der Waals surface area contributed by atoms with Crippen LogP contribution >= 0.6 is 23.4 Å². The second-order valence-corrected chi connectivity index (χ2v) is 11.9. The van der Waals surface area contributed by atoms with Gasteiger partial charge in [0.25, 0.3) is 0 Å². The van der Waals surface area contributed by atoms with Crippen molar-refractivity contribution < 1.29 is 15.0 Å². The van der Waals surface area contributed by atoms with E-state index in [4.69, 9.17) is 21.7 Å². The lowest BCUT2D eigenvalue weighted by molar-refractivity contribution is -0.138. The van der Waals surface area contributed by atoms with Crippen LogP contribution in [0.25, 0.3) is 23.1 Å². The number of pyridine rings is 1. The van der Waals surface area contributed by atoms with E-state index in [0.29, 0.717) is 5.02 Å². The Hall–Kier alpha value is -2.34. The van der Waals surface area contributed by atoms with Crippen LogP contribution in [0.5, 0.6) is 0 Å². The molecule has 36 heavy (non-hydrogen) atoms. The number of carboxylic acid groups (broad SMARTS) is 1. The van der Waals surface area contributed by atoms with Gasteiger partial charge in [0.2, 0.25) is 0 Å². The lowest BCUT2D eigenvalue weighted by Crippen LogP contribution is -2.18. The zero-order valence-electron chi connectivity index (χ0n) is 21.3. The molecule has 1 unspecified atom stereocenters. The van der Waals surface area contributed by atoms with Gasteiger partial charge in [-0.25, -0.2) is 4.98 Å². The minimum Gasteiger partial charge on any atom is -0.481 e. The first-order chi connectivity index (χ1) is 17.1. The number of hydrogen-bond acceptors (Lipinski definition) is 4. The summed E-state index contributed by atoms with van der Waals surface area (Å²) in [7, 11) is 0. The fourth-order valence-corrected chi connectivity index (χ4v) is 5.56. The number of carbonyl (C=O) groups is 1. The molecule has 0 saturated heterocycles. The number of benzene rings is 2. The number of rotatable bonds is 13. The second kappa shape index (κ2) is 13.3. The Morgan fingerprint density at radius 2 is 1.89 bits per heavy atom. The quantitative estimate of drug-likeness (QED) is 0.220. The fraction of sp³-hybridized carbons (Fsp3) is 0.400. The Morgan fingerprint density at radius 3 is 2.64 bits per heavy atom.